The highest BCUT2D eigenvalue weighted by atomic mass is 32.2. The fourth-order valence-electron chi connectivity index (χ4n) is 3.55. The number of hydrogen-bond acceptors (Lipinski definition) is 5. The molecule has 29 heavy (non-hydrogen) atoms. The number of allylic oxidation sites excluding steroid dienone is 2. The number of aromatic hydroxyl groups is 2. The average Bonchev–Trinajstić information content (AvgIpc) is 2.69. The van der Waals surface area contributed by atoms with Gasteiger partial charge in [0, 0.05) is 51.7 Å². The molecular weight excluding hydrogens is 402 g/mol. The fraction of sp³-hybridized carbons (Fsp3) is 0.261. The van der Waals surface area contributed by atoms with E-state index in [9.17, 15) is 15.0 Å². The molecule has 3 rings (SSSR count). The van der Waals surface area contributed by atoms with E-state index in [4.69, 9.17) is 0 Å². The first-order chi connectivity index (χ1) is 14.0. The minimum atomic E-state index is -0.0748. The second kappa shape index (κ2) is 9.46. The van der Waals surface area contributed by atoms with Crippen molar-refractivity contribution in [3.8, 4) is 11.5 Å². The van der Waals surface area contributed by atoms with Gasteiger partial charge >= 0.3 is 0 Å². The molecule has 0 bridgehead atoms. The lowest BCUT2D eigenvalue weighted by molar-refractivity contribution is -0.120. The summed E-state index contributed by atoms with van der Waals surface area (Å²) in [6.07, 6.45) is 7.10. The average molecular weight is 428 g/mol. The van der Waals surface area contributed by atoms with Crippen molar-refractivity contribution in [1.82, 2.24) is 3.71 Å². The lowest BCUT2D eigenvalue weighted by Gasteiger charge is -2.25. The number of nitrogens with zero attached hydrogens (tertiary/aromatic N) is 1. The van der Waals surface area contributed by atoms with Gasteiger partial charge in [-0.3, -0.25) is 4.79 Å². The summed E-state index contributed by atoms with van der Waals surface area (Å²) in [6.45, 7) is 9.17. The molecule has 0 saturated heterocycles. The monoisotopic (exact) mass is 427 g/mol. The summed E-state index contributed by atoms with van der Waals surface area (Å²) in [5.74, 6) is 0.441. The number of carbonyl (C=O) groups excluding carboxylic acids is 1. The summed E-state index contributed by atoms with van der Waals surface area (Å²) in [6, 6.07) is 7.13. The molecule has 152 valence electrons. The molecule has 1 aliphatic rings. The van der Waals surface area contributed by atoms with Crippen LogP contribution in [0.25, 0.3) is 0 Å². The second-order valence-electron chi connectivity index (χ2n) is 6.88. The van der Waals surface area contributed by atoms with Gasteiger partial charge in [0.25, 0.3) is 0 Å². The molecule has 2 N–H and O–H groups in total. The Morgan fingerprint density at radius 1 is 0.966 bits per heavy atom. The summed E-state index contributed by atoms with van der Waals surface area (Å²) in [7, 11) is 0. The summed E-state index contributed by atoms with van der Waals surface area (Å²) in [5, 5.41) is 20.8. The highest BCUT2D eigenvalue weighted by molar-refractivity contribution is 8.12. The van der Waals surface area contributed by atoms with Crippen molar-refractivity contribution in [2.75, 3.05) is 0 Å². The van der Waals surface area contributed by atoms with E-state index in [2.05, 4.69) is 13.2 Å². The standard InChI is InChI=1S/C23H25NO3S2/c1-4-7-16-18-9-6-10-19-17(8-5-2)21(27)12-14-23(19)29-24(15(3)25)28-22(18)13-11-20(16)26/h4-5,11-14,26-27H,1-2,6-10H2,3H3. The van der Waals surface area contributed by atoms with Gasteiger partial charge in [0.2, 0.25) is 5.91 Å². The second-order valence-corrected chi connectivity index (χ2v) is 9.08. The summed E-state index contributed by atoms with van der Waals surface area (Å²) >= 11 is 2.75. The predicted molar refractivity (Wildman–Crippen MR) is 120 cm³/mol. The van der Waals surface area contributed by atoms with E-state index in [-0.39, 0.29) is 17.4 Å². The van der Waals surface area contributed by atoms with Crippen molar-refractivity contribution >= 4 is 29.8 Å². The number of phenols is 2. The quantitative estimate of drug-likeness (QED) is 0.491. The molecule has 1 heterocycles. The molecule has 0 atom stereocenters. The minimum absolute atomic E-state index is 0.0748. The molecule has 0 aliphatic carbocycles. The van der Waals surface area contributed by atoms with Gasteiger partial charge in [-0.25, -0.2) is 3.71 Å². The van der Waals surface area contributed by atoms with Gasteiger partial charge in [0.15, 0.2) is 0 Å². The zero-order valence-electron chi connectivity index (χ0n) is 16.5. The van der Waals surface area contributed by atoms with Gasteiger partial charge in [0.05, 0.1) is 0 Å². The van der Waals surface area contributed by atoms with E-state index < -0.39 is 0 Å². The van der Waals surface area contributed by atoms with Gasteiger partial charge in [-0.1, -0.05) is 12.2 Å². The van der Waals surface area contributed by atoms with Crippen LogP contribution in [0.15, 0.2) is 59.4 Å². The fourth-order valence-corrected chi connectivity index (χ4v) is 5.72. The molecule has 0 saturated carbocycles. The molecule has 2 aromatic rings. The third kappa shape index (κ3) is 4.65. The molecule has 0 unspecified atom stereocenters. The van der Waals surface area contributed by atoms with E-state index in [0.29, 0.717) is 12.8 Å². The first kappa shape index (κ1) is 21.4. The molecule has 6 heteroatoms. The van der Waals surface area contributed by atoms with Crippen LogP contribution < -0.4 is 0 Å². The van der Waals surface area contributed by atoms with Crippen LogP contribution in [0.3, 0.4) is 0 Å². The zero-order chi connectivity index (χ0) is 21.0. The first-order valence-electron chi connectivity index (χ1n) is 9.52. The largest absolute Gasteiger partial charge is 0.508 e. The van der Waals surface area contributed by atoms with Crippen LogP contribution in [0.5, 0.6) is 11.5 Å². The van der Waals surface area contributed by atoms with E-state index in [1.807, 2.05) is 12.1 Å². The Hall–Kier alpha value is -2.31. The van der Waals surface area contributed by atoms with Crippen LogP contribution in [0, 0.1) is 0 Å². The molecule has 1 amide bonds. The van der Waals surface area contributed by atoms with Crippen molar-refractivity contribution in [3.63, 3.8) is 0 Å². The Labute approximate surface area is 180 Å². The summed E-state index contributed by atoms with van der Waals surface area (Å²) in [5.41, 5.74) is 3.83. The number of fused-ring (bicyclic) bond motifs is 2. The molecule has 1 aliphatic heterocycles. The van der Waals surface area contributed by atoms with Gasteiger partial charge < -0.3 is 10.2 Å². The van der Waals surface area contributed by atoms with Gasteiger partial charge in [-0.05, 0) is 67.5 Å². The molecule has 2 aromatic carbocycles. The topological polar surface area (TPSA) is 60.8 Å². The van der Waals surface area contributed by atoms with Crippen molar-refractivity contribution in [2.45, 2.75) is 48.8 Å². The van der Waals surface area contributed by atoms with E-state index in [0.717, 1.165) is 51.3 Å². The summed E-state index contributed by atoms with van der Waals surface area (Å²) < 4.78 is 1.66. The van der Waals surface area contributed by atoms with Crippen LogP contribution in [0.1, 0.15) is 35.6 Å². The van der Waals surface area contributed by atoms with Crippen LogP contribution in [-0.4, -0.2) is 19.8 Å². The van der Waals surface area contributed by atoms with E-state index in [1.54, 1.807) is 34.9 Å². The van der Waals surface area contributed by atoms with E-state index in [1.165, 1.54) is 23.9 Å². The Kier molecular flexibility index (Phi) is 6.98. The smallest absolute Gasteiger partial charge is 0.240 e. The normalized spacial score (nSPS) is 13.9. The lowest BCUT2D eigenvalue weighted by Crippen LogP contribution is -2.15. The van der Waals surface area contributed by atoms with Crippen molar-refractivity contribution in [2.24, 2.45) is 0 Å². The molecule has 0 fully saturated rings. The number of benzene rings is 2. The Balaban J connectivity index is 2.10. The Morgan fingerprint density at radius 2 is 1.41 bits per heavy atom. The maximum absolute atomic E-state index is 12.4. The maximum Gasteiger partial charge on any atom is 0.240 e. The molecular formula is C23H25NO3S2. The molecule has 0 spiro atoms. The van der Waals surface area contributed by atoms with Gasteiger partial charge in [0.1, 0.15) is 11.5 Å². The lowest BCUT2D eigenvalue weighted by atomic mass is 9.94. The third-order valence-corrected chi connectivity index (χ3v) is 7.35. The Bertz CT molecular complexity index is 886. The zero-order valence-corrected chi connectivity index (χ0v) is 18.1. The first-order valence-corrected chi connectivity index (χ1v) is 11.1. The van der Waals surface area contributed by atoms with E-state index >= 15 is 0 Å². The SMILES string of the molecule is C=CCc1c(O)ccc2c1CCCc1c(ccc(O)c1CC=C)SN(C(C)=O)S2. The minimum Gasteiger partial charge on any atom is -0.508 e. The van der Waals surface area contributed by atoms with Crippen molar-refractivity contribution < 1.29 is 15.0 Å². The number of carbonyl (C=O) groups is 1. The highest BCUT2D eigenvalue weighted by Crippen LogP contribution is 2.43. The number of phenolic OH excluding ortho intramolecular Hbond substituents is 2. The third-order valence-electron chi connectivity index (χ3n) is 4.90. The van der Waals surface area contributed by atoms with Crippen LogP contribution in [0.4, 0.5) is 0 Å². The number of hydrogen-bond donors (Lipinski definition) is 2. The molecule has 0 aromatic heterocycles. The predicted octanol–water partition coefficient (Wildman–Crippen LogP) is 5.61. The highest BCUT2D eigenvalue weighted by Gasteiger charge is 2.23. The summed E-state index contributed by atoms with van der Waals surface area (Å²) in [4.78, 5) is 14.3. The number of rotatable bonds is 4. The van der Waals surface area contributed by atoms with Gasteiger partial charge in [-0.15, -0.1) is 13.2 Å². The van der Waals surface area contributed by atoms with Crippen LogP contribution in [-0.2, 0) is 30.5 Å². The maximum atomic E-state index is 12.4. The molecule has 4 nitrogen and oxygen atoms in total. The van der Waals surface area contributed by atoms with Crippen LogP contribution >= 0.6 is 23.9 Å². The van der Waals surface area contributed by atoms with Gasteiger partial charge in [-0.2, -0.15) is 0 Å². The Morgan fingerprint density at radius 3 is 1.79 bits per heavy atom. The number of amides is 1. The molecule has 0 radical (unpaired) electrons. The van der Waals surface area contributed by atoms with Crippen LogP contribution in [0.2, 0.25) is 0 Å². The van der Waals surface area contributed by atoms with Crippen molar-refractivity contribution in [1.29, 1.82) is 0 Å². The van der Waals surface area contributed by atoms with Crippen molar-refractivity contribution in [3.05, 3.63) is 71.8 Å².